The first-order valence-corrected chi connectivity index (χ1v) is 9.12. The number of aromatic amines is 1. The normalized spacial score (nSPS) is 18.0. The number of H-pyrrole nitrogens is 1. The van der Waals surface area contributed by atoms with Gasteiger partial charge in [0.25, 0.3) is 11.5 Å². The number of likely N-dealkylation sites (tertiary alicyclic amines) is 1. The van der Waals surface area contributed by atoms with Gasteiger partial charge in [-0.25, -0.2) is 0 Å². The molecule has 5 heteroatoms. The third-order valence-electron chi connectivity index (χ3n) is 4.96. The van der Waals surface area contributed by atoms with E-state index in [0.717, 1.165) is 31.5 Å². The van der Waals surface area contributed by atoms with E-state index in [1.165, 1.54) is 19.3 Å². The quantitative estimate of drug-likeness (QED) is 0.927. The Balaban J connectivity index is 1.75. The van der Waals surface area contributed by atoms with Crippen molar-refractivity contribution in [2.24, 2.45) is 5.92 Å². The first-order valence-electron chi connectivity index (χ1n) is 9.12. The maximum Gasteiger partial charge on any atom is 0.261 e. The van der Waals surface area contributed by atoms with Crippen LogP contribution in [0.25, 0.3) is 11.3 Å². The van der Waals surface area contributed by atoms with E-state index < -0.39 is 0 Å². The van der Waals surface area contributed by atoms with Crippen molar-refractivity contribution in [3.63, 3.8) is 0 Å². The molecule has 3 heterocycles. The molecule has 2 aromatic heterocycles. The van der Waals surface area contributed by atoms with Crippen LogP contribution in [0.2, 0.25) is 0 Å². The zero-order valence-electron chi connectivity index (χ0n) is 14.7. The van der Waals surface area contributed by atoms with Gasteiger partial charge in [0.05, 0.1) is 0 Å². The number of hydrogen-bond donors (Lipinski definition) is 1. The van der Waals surface area contributed by atoms with Gasteiger partial charge in [-0.2, -0.15) is 0 Å². The van der Waals surface area contributed by atoms with Gasteiger partial charge in [-0.3, -0.25) is 14.6 Å². The number of carbonyl (C=O) groups is 1. The zero-order valence-corrected chi connectivity index (χ0v) is 14.7. The lowest BCUT2D eigenvalue weighted by atomic mass is 9.96. The number of rotatable bonds is 4. The highest BCUT2D eigenvalue weighted by Crippen LogP contribution is 2.22. The molecule has 1 amide bonds. The van der Waals surface area contributed by atoms with E-state index in [1.807, 2.05) is 17.0 Å². The Kier molecular flexibility index (Phi) is 5.64. The highest BCUT2D eigenvalue weighted by Gasteiger charge is 2.23. The predicted molar refractivity (Wildman–Crippen MR) is 98.4 cm³/mol. The first kappa shape index (κ1) is 17.4. The number of nitrogens with zero attached hydrogens (tertiary/aromatic N) is 2. The number of aromatic nitrogens is 2. The Morgan fingerprint density at radius 2 is 2.00 bits per heavy atom. The van der Waals surface area contributed by atoms with Gasteiger partial charge >= 0.3 is 0 Å². The van der Waals surface area contributed by atoms with Gasteiger partial charge in [-0.15, -0.1) is 0 Å². The van der Waals surface area contributed by atoms with E-state index in [9.17, 15) is 9.59 Å². The summed E-state index contributed by atoms with van der Waals surface area (Å²) in [5.74, 6) is 0.551. The molecule has 0 saturated carbocycles. The second-order valence-electron chi connectivity index (χ2n) is 6.73. The fraction of sp³-hybridized carbons (Fsp3) is 0.450. The van der Waals surface area contributed by atoms with Crippen LogP contribution in [0.15, 0.2) is 41.5 Å². The average Bonchev–Trinajstić information content (AvgIpc) is 2.88. The van der Waals surface area contributed by atoms with Gasteiger partial charge in [-0.05, 0) is 49.4 Å². The van der Waals surface area contributed by atoms with Crippen LogP contribution in [0, 0.1) is 5.92 Å². The molecule has 1 aliphatic rings. The third kappa shape index (κ3) is 4.16. The second-order valence-corrected chi connectivity index (χ2v) is 6.73. The number of pyridine rings is 2. The summed E-state index contributed by atoms with van der Waals surface area (Å²) in [5, 5.41) is 0. The third-order valence-corrected chi connectivity index (χ3v) is 4.96. The van der Waals surface area contributed by atoms with Crippen LogP contribution in [0.1, 0.15) is 49.4 Å². The van der Waals surface area contributed by atoms with Gasteiger partial charge in [0.15, 0.2) is 0 Å². The lowest BCUT2D eigenvalue weighted by Gasteiger charge is -2.20. The van der Waals surface area contributed by atoms with Crippen LogP contribution in [-0.2, 0) is 0 Å². The highest BCUT2D eigenvalue weighted by molar-refractivity contribution is 5.94. The molecular weight excluding hydrogens is 314 g/mol. The molecule has 1 N–H and O–H groups in total. The molecule has 5 nitrogen and oxygen atoms in total. The highest BCUT2D eigenvalue weighted by atomic mass is 16.2. The molecule has 0 aliphatic carbocycles. The SMILES string of the molecule is CCC[C@@H]1CCCN(C(=O)c2ccc(-c3ccncc3)[nH]c2=O)CC1. The number of hydrogen-bond acceptors (Lipinski definition) is 3. The molecular formula is C20H25N3O2. The molecule has 1 saturated heterocycles. The van der Waals surface area contributed by atoms with Crippen molar-refractivity contribution in [1.82, 2.24) is 14.9 Å². The summed E-state index contributed by atoms with van der Waals surface area (Å²) in [6.07, 6.45) is 9.00. The number of amides is 1. The molecule has 0 radical (unpaired) electrons. The molecule has 3 rings (SSSR count). The summed E-state index contributed by atoms with van der Waals surface area (Å²) >= 11 is 0. The van der Waals surface area contributed by atoms with Gasteiger partial charge < -0.3 is 9.88 Å². The molecule has 0 unspecified atom stereocenters. The van der Waals surface area contributed by atoms with E-state index in [1.54, 1.807) is 24.5 Å². The van der Waals surface area contributed by atoms with Gasteiger partial charge in [0.1, 0.15) is 5.56 Å². The van der Waals surface area contributed by atoms with Crippen molar-refractivity contribution in [2.45, 2.75) is 39.0 Å². The zero-order chi connectivity index (χ0) is 17.6. The van der Waals surface area contributed by atoms with E-state index in [-0.39, 0.29) is 17.0 Å². The Morgan fingerprint density at radius 3 is 2.72 bits per heavy atom. The van der Waals surface area contributed by atoms with Crippen LogP contribution in [0.3, 0.4) is 0 Å². The topological polar surface area (TPSA) is 66.1 Å². The van der Waals surface area contributed by atoms with Crippen molar-refractivity contribution in [1.29, 1.82) is 0 Å². The minimum Gasteiger partial charge on any atom is -0.338 e. The predicted octanol–water partition coefficient (Wildman–Crippen LogP) is 3.48. The maximum absolute atomic E-state index is 12.8. The fourth-order valence-electron chi connectivity index (χ4n) is 3.58. The molecule has 1 aliphatic heterocycles. The number of carbonyl (C=O) groups excluding carboxylic acids is 1. The summed E-state index contributed by atoms with van der Waals surface area (Å²) in [6, 6.07) is 7.10. The first-order chi connectivity index (χ1) is 12.2. The van der Waals surface area contributed by atoms with Gasteiger partial charge in [-0.1, -0.05) is 19.8 Å². The van der Waals surface area contributed by atoms with Crippen molar-refractivity contribution in [2.75, 3.05) is 13.1 Å². The van der Waals surface area contributed by atoms with Crippen molar-refractivity contribution >= 4 is 5.91 Å². The molecule has 0 aromatic carbocycles. The van der Waals surface area contributed by atoms with Crippen LogP contribution in [0.4, 0.5) is 0 Å². The lowest BCUT2D eigenvalue weighted by molar-refractivity contribution is 0.0758. The molecule has 132 valence electrons. The van der Waals surface area contributed by atoms with Crippen LogP contribution in [0.5, 0.6) is 0 Å². The van der Waals surface area contributed by atoms with Crippen LogP contribution >= 0.6 is 0 Å². The van der Waals surface area contributed by atoms with Gasteiger partial charge in [0, 0.05) is 36.7 Å². The van der Waals surface area contributed by atoms with Crippen molar-refractivity contribution < 1.29 is 4.79 Å². The van der Waals surface area contributed by atoms with Crippen molar-refractivity contribution in [3.05, 3.63) is 52.6 Å². The maximum atomic E-state index is 12.8. The number of nitrogens with one attached hydrogen (secondary N) is 1. The van der Waals surface area contributed by atoms with E-state index >= 15 is 0 Å². The summed E-state index contributed by atoms with van der Waals surface area (Å²) < 4.78 is 0. The summed E-state index contributed by atoms with van der Waals surface area (Å²) in [7, 11) is 0. The Bertz CT molecular complexity index is 770. The Morgan fingerprint density at radius 1 is 1.20 bits per heavy atom. The molecule has 0 bridgehead atoms. The monoisotopic (exact) mass is 339 g/mol. The fourth-order valence-corrected chi connectivity index (χ4v) is 3.58. The Labute approximate surface area is 148 Å². The summed E-state index contributed by atoms with van der Waals surface area (Å²) in [4.78, 5) is 33.9. The smallest absolute Gasteiger partial charge is 0.261 e. The molecule has 0 spiro atoms. The van der Waals surface area contributed by atoms with E-state index in [2.05, 4.69) is 16.9 Å². The standard InChI is InChI=1S/C20H25N3O2/c1-2-4-15-5-3-13-23(14-10-15)20(25)17-6-7-18(22-19(17)24)16-8-11-21-12-9-16/h6-9,11-12,15H,2-5,10,13-14H2,1H3,(H,22,24)/t15-/m1/s1. The van der Waals surface area contributed by atoms with E-state index in [0.29, 0.717) is 11.6 Å². The molecule has 25 heavy (non-hydrogen) atoms. The average molecular weight is 339 g/mol. The van der Waals surface area contributed by atoms with Crippen molar-refractivity contribution in [3.8, 4) is 11.3 Å². The largest absolute Gasteiger partial charge is 0.338 e. The molecule has 1 atom stereocenters. The van der Waals surface area contributed by atoms with Crippen LogP contribution < -0.4 is 5.56 Å². The van der Waals surface area contributed by atoms with Gasteiger partial charge in [0.2, 0.25) is 0 Å². The minimum atomic E-state index is -0.325. The minimum absolute atomic E-state index is 0.153. The van der Waals surface area contributed by atoms with E-state index in [4.69, 9.17) is 0 Å². The second kappa shape index (κ2) is 8.10. The van der Waals surface area contributed by atoms with Crippen LogP contribution in [-0.4, -0.2) is 33.9 Å². The molecule has 1 fully saturated rings. The molecule has 2 aromatic rings. The Hall–Kier alpha value is -2.43. The summed E-state index contributed by atoms with van der Waals surface area (Å²) in [5.41, 5.74) is 1.48. The summed E-state index contributed by atoms with van der Waals surface area (Å²) in [6.45, 7) is 3.69. The lowest BCUT2D eigenvalue weighted by Crippen LogP contribution is -2.35.